The quantitative estimate of drug-likeness (QED) is 0.863. The van der Waals surface area contributed by atoms with Gasteiger partial charge in [-0.15, -0.1) is 0 Å². The van der Waals surface area contributed by atoms with Gasteiger partial charge in [0.05, 0.1) is 11.7 Å². The SMILES string of the molecule is CN1CC(n2c(-c3ccccc3)c[nH]c2=S)CCC1=O. The van der Waals surface area contributed by atoms with E-state index in [-0.39, 0.29) is 11.9 Å². The molecule has 20 heavy (non-hydrogen) atoms. The number of benzene rings is 1. The minimum absolute atomic E-state index is 0.213. The van der Waals surface area contributed by atoms with Crippen molar-refractivity contribution in [2.75, 3.05) is 13.6 Å². The number of piperidine rings is 1. The summed E-state index contributed by atoms with van der Waals surface area (Å²) in [7, 11) is 1.85. The molecule has 1 fully saturated rings. The number of aromatic amines is 1. The molecule has 1 aromatic heterocycles. The van der Waals surface area contributed by atoms with E-state index in [1.54, 1.807) is 4.90 Å². The molecule has 5 heteroatoms. The summed E-state index contributed by atoms with van der Waals surface area (Å²) in [5.74, 6) is 0.213. The third-order valence-corrected chi connectivity index (χ3v) is 4.16. The van der Waals surface area contributed by atoms with Crippen LogP contribution in [0, 0.1) is 4.77 Å². The Labute approximate surface area is 123 Å². The molecule has 0 bridgehead atoms. The Bertz CT molecular complexity index is 674. The summed E-state index contributed by atoms with van der Waals surface area (Å²) in [6.07, 6.45) is 3.38. The van der Waals surface area contributed by atoms with Gasteiger partial charge in [0.1, 0.15) is 0 Å². The molecule has 0 aliphatic carbocycles. The summed E-state index contributed by atoms with van der Waals surface area (Å²) in [6.45, 7) is 0.713. The van der Waals surface area contributed by atoms with Crippen molar-refractivity contribution in [2.24, 2.45) is 0 Å². The molecule has 1 aliphatic rings. The molecule has 1 aliphatic heterocycles. The van der Waals surface area contributed by atoms with Gasteiger partial charge in [-0.2, -0.15) is 0 Å². The van der Waals surface area contributed by atoms with Crippen LogP contribution in [0.2, 0.25) is 0 Å². The van der Waals surface area contributed by atoms with Gasteiger partial charge in [-0.05, 0) is 24.2 Å². The number of aromatic nitrogens is 2. The fourth-order valence-corrected chi connectivity index (χ4v) is 3.08. The molecule has 1 unspecified atom stereocenters. The van der Waals surface area contributed by atoms with Crippen LogP contribution >= 0.6 is 12.2 Å². The highest BCUT2D eigenvalue weighted by Crippen LogP contribution is 2.28. The number of likely N-dealkylation sites (tertiary alicyclic amines) is 1. The number of H-pyrrole nitrogens is 1. The fraction of sp³-hybridized carbons (Fsp3) is 0.333. The number of nitrogens with zero attached hydrogens (tertiary/aromatic N) is 2. The second-order valence-electron chi connectivity index (χ2n) is 5.18. The molecule has 3 rings (SSSR count). The van der Waals surface area contributed by atoms with Gasteiger partial charge in [0.15, 0.2) is 4.77 Å². The maximum atomic E-state index is 11.6. The van der Waals surface area contributed by atoms with Crippen molar-refractivity contribution >= 4 is 18.1 Å². The Morgan fingerprint density at radius 1 is 1.30 bits per heavy atom. The highest BCUT2D eigenvalue weighted by atomic mass is 32.1. The fourth-order valence-electron chi connectivity index (χ4n) is 2.77. The third kappa shape index (κ3) is 2.29. The zero-order valence-electron chi connectivity index (χ0n) is 11.4. The molecule has 1 atom stereocenters. The van der Waals surface area contributed by atoms with Gasteiger partial charge in [-0.25, -0.2) is 0 Å². The van der Waals surface area contributed by atoms with Crippen LogP contribution in [-0.2, 0) is 4.79 Å². The van der Waals surface area contributed by atoms with Crippen LogP contribution in [0.3, 0.4) is 0 Å². The predicted octanol–water partition coefficient (Wildman–Crippen LogP) is 3.01. The van der Waals surface area contributed by atoms with Crippen molar-refractivity contribution in [3.05, 3.63) is 41.3 Å². The number of carbonyl (C=O) groups excluding carboxylic acids is 1. The van der Waals surface area contributed by atoms with E-state index in [9.17, 15) is 4.79 Å². The Kier molecular flexibility index (Phi) is 3.44. The van der Waals surface area contributed by atoms with E-state index < -0.39 is 0 Å². The maximum Gasteiger partial charge on any atom is 0.222 e. The van der Waals surface area contributed by atoms with E-state index in [0.717, 1.165) is 22.4 Å². The van der Waals surface area contributed by atoms with E-state index in [1.807, 2.05) is 31.4 Å². The van der Waals surface area contributed by atoms with Crippen molar-refractivity contribution in [3.8, 4) is 11.3 Å². The predicted molar refractivity (Wildman–Crippen MR) is 81.0 cm³/mol. The number of rotatable bonds is 2. The summed E-state index contributed by atoms with van der Waals surface area (Å²) in [4.78, 5) is 16.6. The van der Waals surface area contributed by atoms with Crippen LogP contribution in [-0.4, -0.2) is 34.0 Å². The largest absolute Gasteiger partial charge is 0.344 e. The lowest BCUT2D eigenvalue weighted by atomic mass is 10.0. The zero-order valence-corrected chi connectivity index (χ0v) is 12.2. The molecule has 104 valence electrons. The second kappa shape index (κ2) is 5.25. The van der Waals surface area contributed by atoms with E-state index in [1.165, 1.54) is 0 Å². The van der Waals surface area contributed by atoms with Crippen molar-refractivity contribution in [2.45, 2.75) is 18.9 Å². The number of nitrogens with one attached hydrogen (secondary N) is 1. The summed E-state index contributed by atoms with van der Waals surface area (Å²) in [6, 6.07) is 10.4. The molecule has 2 aromatic rings. The molecule has 0 saturated carbocycles. The molecule has 0 radical (unpaired) electrons. The Balaban J connectivity index is 2.00. The topological polar surface area (TPSA) is 41.0 Å². The minimum Gasteiger partial charge on any atom is -0.344 e. The molecule has 1 aromatic carbocycles. The number of hydrogen-bond acceptors (Lipinski definition) is 2. The lowest BCUT2D eigenvalue weighted by Gasteiger charge is -2.31. The lowest BCUT2D eigenvalue weighted by molar-refractivity contribution is -0.132. The number of carbonyl (C=O) groups is 1. The summed E-state index contributed by atoms with van der Waals surface area (Å²) in [5.41, 5.74) is 2.22. The second-order valence-corrected chi connectivity index (χ2v) is 5.57. The van der Waals surface area contributed by atoms with Crippen LogP contribution in [0.25, 0.3) is 11.3 Å². The zero-order chi connectivity index (χ0) is 14.1. The van der Waals surface area contributed by atoms with Gasteiger partial charge in [-0.3, -0.25) is 4.79 Å². The van der Waals surface area contributed by atoms with Crippen molar-refractivity contribution in [1.29, 1.82) is 0 Å². The number of imidazole rings is 1. The molecule has 1 amide bonds. The van der Waals surface area contributed by atoms with Crippen molar-refractivity contribution in [1.82, 2.24) is 14.5 Å². The molecule has 1 N–H and O–H groups in total. The van der Waals surface area contributed by atoms with E-state index in [0.29, 0.717) is 13.0 Å². The highest BCUT2D eigenvalue weighted by molar-refractivity contribution is 7.71. The first-order chi connectivity index (χ1) is 9.66. The summed E-state index contributed by atoms with van der Waals surface area (Å²) >= 11 is 5.43. The lowest BCUT2D eigenvalue weighted by Crippen LogP contribution is -2.38. The van der Waals surface area contributed by atoms with Gasteiger partial charge >= 0.3 is 0 Å². The molecule has 1 saturated heterocycles. The normalized spacial score (nSPS) is 19.4. The molecule has 2 heterocycles. The van der Waals surface area contributed by atoms with E-state index in [2.05, 4.69) is 21.7 Å². The Hall–Kier alpha value is -1.88. The van der Waals surface area contributed by atoms with Crippen LogP contribution in [0.1, 0.15) is 18.9 Å². The van der Waals surface area contributed by atoms with Crippen LogP contribution in [0.15, 0.2) is 36.5 Å². The average molecular weight is 287 g/mol. The van der Waals surface area contributed by atoms with Gasteiger partial charge < -0.3 is 14.5 Å². The smallest absolute Gasteiger partial charge is 0.222 e. The van der Waals surface area contributed by atoms with Crippen LogP contribution < -0.4 is 0 Å². The molecular formula is C15H17N3OS. The number of hydrogen-bond donors (Lipinski definition) is 1. The maximum absolute atomic E-state index is 11.6. The van der Waals surface area contributed by atoms with E-state index >= 15 is 0 Å². The minimum atomic E-state index is 0.213. The third-order valence-electron chi connectivity index (χ3n) is 3.85. The van der Waals surface area contributed by atoms with Crippen molar-refractivity contribution < 1.29 is 4.79 Å². The van der Waals surface area contributed by atoms with Gasteiger partial charge in [0.2, 0.25) is 5.91 Å². The number of amides is 1. The highest BCUT2D eigenvalue weighted by Gasteiger charge is 2.26. The Morgan fingerprint density at radius 2 is 2.05 bits per heavy atom. The summed E-state index contributed by atoms with van der Waals surface area (Å²) < 4.78 is 2.87. The first kappa shape index (κ1) is 13.1. The van der Waals surface area contributed by atoms with Gasteiger partial charge in [-0.1, -0.05) is 30.3 Å². The van der Waals surface area contributed by atoms with Gasteiger partial charge in [0.25, 0.3) is 0 Å². The molecule has 4 nitrogen and oxygen atoms in total. The first-order valence-electron chi connectivity index (χ1n) is 6.76. The average Bonchev–Trinajstić information content (AvgIpc) is 2.85. The van der Waals surface area contributed by atoms with Crippen LogP contribution in [0.5, 0.6) is 0 Å². The first-order valence-corrected chi connectivity index (χ1v) is 7.17. The Morgan fingerprint density at radius 3 is 2.75 bits per heavy atom. The monoisotopic (exact) mass is 287 g/mol. The summed E-state index contributed by atoms with van der Waals surface area (Å²) in [5, 5.41) is 0. The number of likely N-dealkylation sites (N-methyl/N-ethyl adjacent to an activating group) is 1. The molecule has 0 spiro atoms. The standard InChI is InChI=1S/C15H17N3OS/c1-17-10-12(7-8-14(17)19)18-13(9-16-15(18)20)11-5-3-2-4-6-11/h2-6,9,12H,7-8,10H2,1H3,(H,16,20). The van der Waals surface area contributed by atoms with Crippen molar-refractivity contribution in [3.63, 3.8) is 0 Å². The van der Waals surface area contributed by atoms with Gasteiger partial charge in [0, 0.05) is 26.2 Å². The van der Waals surface area contributed by atoms with E-state index in [4.69, 9.17) is 12.2 Å². The van der Waals surface area contributed by atoms with Crippen LogP contribution in [0.4, 0.5) is 0 Å². The molecular weight excluding hydrogens is 270 g/mol.